The molecule has 1 heterocycles. The highest BCUT2D eigenvalue weighted by atomic mass is 16.5. The molecule has 0 spiro atoms. The highest BCUT2D eigenvalue weighted by Gasteiger charge is 2.03. The number of anilines is 1. The van der Waals surface area contributed by atoms with Crippen LogP contribution in [0.2, 0.25) is 0 Å². The van der Waals surface area contributed by atoms with Gasteiger partial charge in [-0.1, -0.05) is 6.92 Å². The number of aromatic nitrogens is 2. The quantitative estimate of drug-likeness (QED) is 0.799. The fraction of sp³-hybridized carbons (Fsp3) is 0.250. The van der Waals surface area contributed by atoms with Crippen molar-refractivity contribution in [3.05, 3.63) is 36.7 Å². The molecule has 0 atom stereocenters. The van der Waals surface area contributed by atoms with Gasteiger partial charge in [0.25, 0.3) is 0 Å². The lowest BCUT2D eigenvalue weighted by Gasteiger charge is -2.09. The maximum atomic E-state index is 5.83. The number of nitrogen functional groups attached to an aromatic ring is 1. The maximum absolute atomic E-state index is 5.83. The molecule has 4 heteroatoms. The van der Waals surface area contributed by atoms with Crippen molar-refractivity contribution in [1.29, 1.82) is 0 Å². The van der Waals surface area contributed by atoms with Gasteiger partial charge in [0.2, 0.25) is 0 Å². The molecule has 0 aliphatic rings. The van der Waals surface area contributed by atoms with Crippen LogP contribution in [0.25, 0.3) is 5.69 Å². The Labute approximate surface area is 94.6 Å². The monoisotopic (exact) mass is 217 g/mol. The van der Waals surface area contributed by atoms with E-state index in [0.29, 0.717) is 12.3 Å². The van der Waals surface area contributed by atoms with E-state index in [2.05, 4.69) is 12.0 Å². The van der Waals surface area contributed by atoms with Crippen LogP contribution >= 0.6 is 0 Å². The van der Waals surface area contributed by atoms with Gasteiger partial charge < -0.3 is 10.5 Å². The van der Waals surface area contributed by atoms with Crippen LogP contribution in [0.3, 0.4) is 0 Å². The van der Waals surface area contributed by atoms with E-state index in [1.165, 1.54) is 0 Å². The van der Waals surface area contributed by atoms with Gasteiger partial charge >= 0.3 is 0 Å². The lowest BCUT2D eigenvalue weighted by molar-refractivity contribution is 0.319. The molecule has 0 saturated carbocycles. The predicted molar refractivity (Wildman–Crippen MR) is 63.8 cm³/mol. The lowest BCUT2D eigenvalue weighted by atomic mass is 10.2. The third-order valence-electron chi connectivity index (χ3n) is 2.23. The van der Waals surface area contributed by atoms with E-state index in [9.17, 15) is 0 Å². The molecular formula is C12H15N3O. The summed E-state index contributed by atoms with van der Waals surface area (Å²) in [6.07, 6.45) is 4.59. The second-order valence-electron chi connectivity index (χ2n) is 3.52. The first-order chi connectivity index (χ1) is 7.81. The maximum Gasteiger partial charge on any atom is 0.144 e. The normalized spacial score (nSPS) is 10.3. The molecule has 84 valence electrons. The Balaban J connectivity index is 2.28. The first-order valence-electron chi connectivity index (χ1n) is 5.33. The summed E-state index contributed by atoms with van der Waals surface area (Å²) in [6.45, 7) is 2.74. The largest absolute Gasteiger partial charge is 0.491 e. The standard InChI is InChI=1S/C12H15N3O/c1-2-8-16-12-9-10(4-5-11(12)13)15-7-3-6-14-15/h3-7,9H,2,8,13H2,1H3. The molecule has 0 amide bonds. The van der Waals surface area contributed by atoms with Crippen LogP contribution in [0.1, 0.15) is 13.3 Å². The summed E-state index contributed by atoms with van der Waals surface area (Å²) < 4.78 is 7.33. The Hall–Kier alpha value is -1.97. The Morgan fingerprint density at radius 1 is 1.44 bits per heavy atom. The molecule has 0 radical (unpaired) electrons. The molecule has 0 unspecified atom stereocenters. The van der Waals surface area contributed by atoms with Gasteiger partial charge in [0, 0.05) is 18.5 Å². The van der Waals surface area contributed by atoms with E-state index in [4.69, 9.17) is 10.5 Å². The smallest absolute Gasteiger partial charge is 0.144 e. The number of benzene rings is 1. The predicted octanol–water partition coefficient (Wildman–Crippen LogP) is 2.24. The van der Waals surface area contributed by atoms with Crippen molar-refractivity contribution in [3.63, 3.8) is 0 Å². The fourth-order valence-corrected chi connectivity index (χ4v) is 1.42. The highest BCUT2D eigenvalue weighted by molar-refractivity contribution is 5.57. The van der Waals surface area contributed by atoms with Crippen LogP contribution in [-0.2, 0) is 0 Å². The molecule has 16 heavy (non-hydrogen) atoms. The molecule has 0 aliphatic heterocycles. The van der Waals surface area contributed by atoms with Crippen molar-refractivity contribution >= 4 is 5.69 Å². The van der Waals surface area contributed by atoms with Crippen molar-refractivity contribution in [1.82, 2.24) is 9.78 Å². The van der Waals surface area contributed by atoms with Crippen molar-refractivity contribution < 1.29 is 4.74 Å². The minimum atomic E-state index is 0.657. The molecule has 1 aromatic heterocycles. The second-order valence-corrected chi connectivity index (χ2v) is 3.52. The molecule has 2 aromatic rings. The number of hydrogen-bond acceptors (Lipinski definition) is 3. The van der Waals surface area contributed by atoms with Gasteiger partial charge in [-0.2, -0.15) is 5.10 Å². The number of hydrogen-bond donors (Lipinski definition) is 1. The van der Waals surface area contributed by atoms with E-state index >= 15 is 0 Å². The Kier molecular flexibility index (Phi) is 3.10. The topological polar surface area (TPSA) is 53.1 Å². The van der Waals surface area contributed by atoms with Crippen LogP contribution < -0.4 is 10.5 Å². The van der Waals surface area contributed by atoms with Gasteiger partial charge in [-0.05, 0) is 24.6 Å². The highest BCUT2D eigenvalue weighted by Crippen LogP contribution is 2.24. The van der Waals surface area contributed by atoms with Gasteiger partial charge in [0.15, 0.2) is 0 Å². The molecule has 0 fully saturated rings. The molecule has 0 saturated heterocycles. The van der Waals surface area contributed by atoms with Crippen molar-refractivity contribution in [3.8, 4) is 11.4 Å². The van der Waals surface area contributed by atoms with Crippen LogP contribution in [0.5, 0.6) is 5.75 Å². The first-order valence-corrected chi connectivity index (χ1v) is 5.33. The van der Waals surface area contributed by atoms with Gasteiger partial charge in [-0.15, -0.1) is 0 Å². The molecule has 0 bridgehead atoms. The summed E-state index contributed by atoms with van der Waals surface area (Å²) in [6, 6.07) is 7.53. The molecule has 4 nitrogen and oxygen atoms in total. The first kappa shape index (κ1) is 10.5. The van der Waals surface area contributed by atoms with Gasteiger partial charge in [0.1, 0.15) is 5.75 Å². The van der Waals surface area contributed by atoms with Gasteiger partial charge in [-0.25, -0.2) is 4.68 Å². The Morgan fingerprint density at radius 3 is 3.00 bits per heavy atom. The summed E-state index contributed by atoms with van der Waals surface area (Å²) in [5.74, 6) is 0.717. The summed E-state index contributed by atoms with van der Waals surface area (Å²) >= 11 is 0. The van der Waals surface area contributed by atoms with Crippen molar-refractivity contribution in [2.24, 2.45) is 0 Å². The fourth-order valence-electron chi connectivity index (χ4n) is 1.42. The van der Waals surface area contributed by atoms with E-state index in [1.54, 1.807) is 10.9 Å². The minimum Gasteiger partial charge on any atom is -0.491 e. The van der Waals surface area contributed by atoms with Crippen LogP contribution in [0.15, 0.2) is 36.7 Å². The molecule has 2 rings (SSSR count). The average molecular weight is 217 g/mol. The third kappa shape index (κ3) is 2.16. The zero-order valence-electron chi connectivity index (χ0n) is 9.26. The molecule has 0 aliphatic carbocycles. The third-order valence-corrected chi connectivity index (χ3v) is 2.23. The summed E-state index contributed by atoms with van der Waals surface area (Å²) in [5, 5.41) is 4.16. The van der Waals surface area contributed by atoms with Crippen molar-refractivity contribution in [2.75, 3.05) is 12.3 Å². The van der Waals surface area contributed by atoms with E-state index in [0.717, 1.165) is 17.9 Å². The van der Waals surface area contributed by atoms with Crippen LogP contribution in [-0.4, -0.2) is 16.4 Å². The average Bonchev–Trinajstić information content (AvgIpc) is 2.81. The molecule has 2 N–H and O–H groups in total. The summed E-state index contributed by atoms with van der Waals surface area (Å²) in [5.41, 5.74) is 7.44. The Bertz CT molecular complexity index is 451. The van der Waals surface area contributed by atoms with Crippen LogP contribution in [0, 0.1) is 0 Å². The van der Waals surface area contributed by atoms with Gasteiger partial charge in [-0.3, -0.25) is 0 Å². The SMILES string of the molecule is CCCOc1cc(-n2cccn2)ccc1N. The van der Waals surface area contributed by atoms with Crippen LogP contribution in [0.4, 0.5) is 5.69 Å². The zero-order chi connectivity index (χ0) is 11.4. The Morgan fingerprint density at radius 2 is 2.31 bits per heavy atom. The summed E-state index contributed by atoms with van der Waals surface area (Å²) in [4.78, 5) is 0. The number of nitrogens with two attached hydrogens (primary N) is 1. The molecule has 1 aromatic carbocycles. The zero-order valence-corrected chi connectivity index (χ0v) is 9.26. The number of nitrogens with zero attached hydrogens (tertiary/aromatic N) is 2. The van der Waals surface area contributed by atoms with E-state index in [-0.39, 0.29) is 0 Å². The van der Waals surface area contributed by atoms with E-state index < -0.39 is 0 Å². The number of rotatable bonds is 4. The lowest BCUT2D eigenvalue weighted by Crippen LogP contribution is -2.01. The van der Waals surface area contributed by atoms with Crippen molar-refractivity contribution in [2.45, 2.75) is 13.3 Å². The molecular weight excluding hydrogens is 202 g/mol. The minimum absolute atomic E-state index is 0.657. The summed E-state index contributed by atoms with van der Waals surface area (Å²) in [7, 11) is 0. The van der Waals surface area contributed by atoms with Gasteiger partial charge in [0.05, 0.1) is 18.0 Å². The second kappa shape index (κ2) is 4.70. The number of ether oxygens (including phenoxy) is 1. The van der Waals surface area contributed by atoms with E-state index in [1.807, 2.05) is 30.5 Å².